The average molecular weight is 537 g/mol. The molecule has 0 aliphatic rings. The van der Waals surface area contributed by atoms with Crippen molar-refractivity contribution < 1.29 is 33.9 Å². The summed E-state index contributed by atoms with van der Waals surface area (Å²) in [5.41, 5.74) is 16.0. The number of nitrogens with two attached hydrogens (primary N) is 3. The fourth-order valence-corrected chi connectivity index (χ4v) is 3.75. The molecule has 4 unspecified atom stereocenters. The fourth-order valence-electron chi connectivity index (χ4n) is 2.81. The monoisotopic (exact) mass is 536 g/mol. The van der Waals surface area contributed by atoms with Crippen LogP contribution < -0.4 is 33.2 Å². The van der Waals surface area contributed by atoms with Crippen molar-refractivity contribution in [1.29, 1.82) is 0 Å². The van der Waals surface area contributed by atoms with E-state index in [1.807, 2.05) is 6.26 Å². The number of primary amides is 2. The lowest BCUT2D eigenvalue weighted by atomic mass is 10.1. The fraction of sp³-hybridized carbons (Fsp3) is 0.700. The third kappa shape index (κ3) is 14.5. The highest BCUT2D eigenvalue weighted by molar-refractivity contribution is 7.98. The van der Waals surface area contributed by atoms with Gasteiger partial charge in [-0.05, 0) is 49.7 Å². The number of aliphatic carboxylic acids is 1. The number of hydrogen-bond acceptors (Lipinski definition) is 9. The first kappa shape index (κ1) is 32.5. The van der Waals surface area contributed by atoms with E-state index in [1.165, 1.54) is 23.5 Å². The summed E-state index contributed by atoms with van der Waals surface area (Å²) in [5.74, 6) is -3.74. The molecule has 35 heavy (non-hydrogen) atoms. The maximum atomic E-state index is 13.0. The number of hydrogen-bond donors (Lipinski definition) is 7. The van der Waals surface area contributed by atoms with E-state index in [0.29, 0.717) is 11.5 Å². The van der Waals surface area contributed by atoms with Crippen LogP contribution in [0.25, 0.3) is 0 Å². The Morgan fingerprint density at radius 2 is 1.09 bits per heavy atom. The Morgan fingerprint density at radius 1 is 0.686 bits per heavy atom. The smallest absolute Gasteiger partial charge is 0.326 e. The van der Waals surface area contributed by atoms with Gasteiger partial charge in [0, 0.05) is 12.8 Å². The number of carbonyl (C=O) groups excluding carboxylic acids is 5. The van der Waals surface area contributed by atoms with E-state index in [4.69, 9.17) is 17.2 Å². The van der Waals surface area contributed by atoms with Gasteiger partial charge in [0.05, 0.1) is 6.04 Å². The molecule has 0 saturated heterocycles. The van der Waals surface area contributed by atoms with Gasteiger partial charge in [-0.3, -0.25) is 24.0 Å². The van der Waals surface area contributed by atoms with Gasteiger partial charge in [0.15, 0.2) is 0 Å². The van der Waals surface area contributed by atoms with Gasteiger partial charge in [-0.1, -0.05) is 0 Å². The summed E-state index contributed by atoms with van der Waals surface area (Å²) in [6, 6.07) is -4.58. The normalized spacial score (nSPS) is 14.1. The number of carboxylic acid groups (broad SMARTS) is 1. The number of rotatable bonds is 19. The van der Waals surface area contributed by atoms with Crippen LogP contribution in [-0.4, -0.2) is 88.8 Å². The number of carboxylic acids is 1. The molecule has 0 fully saturated rings. The molecule has 0 aromatic rings. The number of nitrogens with one attached hydrogen (secondary N) is 3. The van der Waals surface area contributed by atoms with Crippen molar-refractivity contribution >= 4 is 59.0 Å². The predicted octanol–water partition coefficient (Wildman–Crippen LogP) is -2.11. The second-order valence-electron chi connectivity index (χ2n) is 7.70. The Kier molecular flexibility index (Phi) is 16.6. The zero-order valence-electron chi connectivity index (χ0n) is 19.9. The molecular weight excluding hydrogens is 500 g/mol. The van der Waals surface area contributed by atoms with E-state index in [9.17, 15) is 33.9 Å². The maximum Gasteiger partial charge on any atom is 0.326 e. The molecule has 0 aliphatic carbocycles. The van der Waals surface area contributed by atoms with Crippen molar-refractivity contribution in [2.75, 3.05) is 24.0 Å². The topological polar surface area (TPSA) is 237 Å². The lowest BCUT2D eigenvalue weighted by Gasteiger charge is -2.25. The Hall–Kier alpha value is -2.52. The quantitative estimate of drug-likeness (QED) is 0.0948. The minimum atomic E-state index is -1.24. The molecule has 4 atom stereocenters. The second-order valence-corrected chi connectivity index (χ2v) is 9.67. The van der Waals surface area contributed by atoms with E-state index in [2.05, 4.69) is 16.0 Å². The molecule has 0 heterocycles. The molecule has 200 valence electrons. The Bertz CT molecular complexity index is 755. The summed E-state index contributed by atoms with van der Waals surface area (Å²) >= 11 is 2.85. The molecule has 0 rings (SSSR count). The van der Waals surface area contributed by atoms with E-state index in [1.54, 1.807) is 6.26 Å². The van der Waals surface area contributed by atoms with Gasteiger partial charge in [-0.2, -0.15) is 23.5 Å². The average Bonchev–Trinajstić information content (AvgIpc) is 2.79. The first-order valence-electron chi connectivity index (χ1n) is 10.9. The highest BCUT2D eigenvalue weighted by Gasteiger charge is 2.30. The molecule has 0 aromatic heterocycles. The molecule has 13 nitrogen and oxygen atoms in total. The number of amides is 5. The summed E-state index contributed by atoms with van der Waals surface area (Å²) in [7, 11) is 0. The van der Waals surface area contributed by atoms with Crippen molar-refractivity contribution in [1.82, 2.24) is 16.0 Å². The van der Waals surface area contributed by atoms with Crippen molar-refractivity contribution in [2.45, 2.75) is 62.7 Å². The van der Waals surface area contributed by atoms with Crippen LogP contribution >= 0.6 is 23.5 Å². The standard InChI is InChI=1S/C20H36N6O7S2/c1-34-9-7-13(19(31)26-14(20(32)33)8-10-35-2)25-18(30)12(4-6-16(23)28)24-17(29)11(21)3-5-15(22)27/h11-14H,3-10,21H2,1-2H3,(H2,22,27)(H2,23,28)(H,24,29)(H,25,30)(H,26,31)(H,32,33). The van der Waals surface area contributed by atoms with Gasteiger partial charge in [0.2, 0.25) is 29.5 Å². The SMILES string of the molecule is CSCCC(NC(=O)C(CCSC)NC(=O)C(CCC(N)=O)NC(=O)C(N)CCC(N)=O)C(=O)O. The zero-order chi connectivity index (χ0) is 27.0. The minimum absolute atomic E-state index is 0.0449. The summed E-state index contributed by atoms with van der Waals surface area (Å²) in [5, 5.41) is 16.8. The van der Waals surface area contributed by atoms with Crippen molar-refractivity contribution in [3.05, 3.63) is 0 Å². The van der Waals surface area contributed by atoms with Crippen LogP contribution in [0.1, 0.15) is 38.5 Å². The number of thioether (sulfide) groups is 2. The largest absolute Gasteiger partial charge is 0.480 e. The molecule has 0 saturated carbocycles. The van der Waals surface area contributed by atoms with Crippen molar-refractivity contribution in [2.24, 2.45) is 17.2 Å². The van der Waals surface area contributed by atoms with Gasteiger partial charge in [-0.25, -0.2) is 4.79 Å². The Labute approximate surface area is 212 Å². The number of carbonyl (C=O) groups is 6. The van der Waals surface area contributed by atoms with E-state index >= 15 is 0 Å². The Morgan fingerprint density at radius 3 is 1.54 bits per heavy atom. The minimum Gasteiger partial charge on any atom is -0.480 e. The molecule has 0 spiro atoms. The van der Waals surface area contributed by atoms with Gasteiger partial charge >= 0.3 is 5.97 Å². The highest BCUT2D eigenvalue weighted by Crippen LogP contribution is 2.07. The second kappa shape index (κ2) is 17.8. The molecule has 15 heteroatoms. The molecule has 0 aliphatic heterocycles. The highest BCUT2D eigenvalue weighted by atomic mass is 32.2. The van der Waals surface area contributed by atoms with Gasteiger partial charge < -0.3 is 38.3 Å². The molecule has 0 radical (unpaired) electrons. The van der Waals surface area contributed by atoms with Gasteiger partial charge in [-0.15, -0.1) is 0 Å². The summed E-state index contributed by atoms with van der Waals surface area (Å²) in [6.07, 6.45) is 3.45. The molecular formula is C20H36N6O7S2. The van der Waals surface area contributed by atoms with Crippen LogP contribution in [0.2, 0.25) is 0 Å². The third-order valence-corrected chi connectivity index (χ3v) is 6.11. The molecule has 5 amide bonds. The molecule has 0 aromatic carbocycles. The zero-order valence-corrected chi connectivity index (χ0v) is 21.5. The molecule has 0 bridgehead atoms. The lowest BCUT2D eigenvalue weighted by molar-refractivity contribution is -0.142. The van der Waals surface area contributed by atoms with Crippen LogP contribution in [0, 0.1) is 0 Å². The van der Waals surface area contributed by atoms with Crippen molar-refractivity contribution in [3.8, 4) is 0 Å². The van der Waals surface area contributed by atoms with E-state index in [0.717, 1.165) is 0 Å². The van der Waals surface area contributed by atoms with Gasteiger partial charge in [0.25, 0.3) is 0 Å². The van der Waals surface area contributed by atoms with Gasteiger partial charge in [0.1, 0.15) is 18.1 Å². The summed E-state index contributed by atoms with van der Waals surface area (Å²) in [6.45, 7) is 0. The predicted molar refractivity (Wildman–Crippen MR) is 134 cm³/mol. The maximum absolute atomic E-state index is 13.0. The van der Waals surface area contributed by atoms with Crippen LogP contribution in [0.15, 0.2) is 0 Å². The van der Waals surface area contributed by atoms with E-state index in [-0.39, 0.29) is 38.5 Å². The van der Waals surface area contributed by atoms with E-state index < -0.39 is 59.7 Å². The van der Waals surface area contributed by atoms with Crippen LogP contribution in [0.5, 0.6) is 0 Å². The van der Waals surface area contributed by atoms with Crippen molar-refractivity contribution in [3.63, 3.8) is 0 Å². The third-order valence-electron chi connectivity index (χ3n) is 4.82. The lowest BCUT2D eigenvalue weighted by Crippen LogP contribution is -2.57. The van der Waals surface area contributed by atoms with Crippen LogP contribution in [-0.2, 0) is 28.8 Å². The first-order valence-corrected chi connectivity index (χ1v) is 13.7. The molecule has 10 N–H and O–H groups in total. The summed E-state index contributed by atoms with van der Waals surface area (Å²) in [4.78, 5) is 71.8. The van der Waals surface area contributed by atoms with Crippen LogP contribution in [0.3, 0.4) is 0 Å². The summed E-state index contributed by atoms with van der Waals surface area (Å²) < 4.78 is 0. The Balaban J connectivity index is 5.47. The van der Waals surface area contributed by atoms with Crippen LogP contribution in [0.4, 0.5) is 0 Å². The first-order chi connectivity index (χ1) is 16.4.